The Kier molecular flexibility index (Phi) is 7.72. The molecule has 26 heavy (non-hydrogen) atoms. The molecule has 0 radical (unpaired) electrons. The van der Waals surface area contributed by atoms with Crippen molar-refractivity contribution in [1.82, 2.24) is 0 Å². The monoisotopic (exact) mass is 380 g/mol. The lowest BCUT2D eigenvalue weighted by atomic mass is 9.80. The lowest BCUT2D eigenvalue weighted by Crippen LogP contribution is -2.49. The summed E-state index contributed by atoms with van der Waals surface area (Å²) in [6.45, 7) is 8.65. The van der Waals surface area contributed by atoms with Gasteiger partial charge in [0.1, 0.15) is 6.10 Å². The normalized spacial score (nSPS) is 24.9. The van der Waals surface area contributed by atoms with Crippen LogP contribution in [0.3, 0.4) is 0 Å². The van der Waals surface area contributed by atoms with E-state index in [1.807, 2.05) is 0 Å². The van der Waals surface area contributed by atoms with Gasteiger partial charge >= 0.3 is 12.1 Å². The fourth-order valence-electron chi connectivity index (χ4n) is 3.06. The third kappa shape index (κ3) is 6.58. The summed E-state index contributed by atoms with van der Waals surface area (Å²) >= 11 is 0. The van der Waals surface area contributed by atoms with Crippen LogP contribution in [-0.2, 0) is 14.3 Å². The maximum absolute atomic E-state index is 12.8. The lowest BCUT2D eigenvalue weighted by molar-refractivity contribution is -0.278. The highest BCUT2D eigenvalue weighted by Crippen LogP contribution is 2.36. The largest absolute Gasteiger partial charge is 0.459 e. The van der Waals surface area contributed by atoms with Gasteiger partial charge in [0.2, 0.25) is 0 Å². The quantitative estimate of drug-likeness (QED) is 0.542. The Morgan fingerprint density at radius 3 is 2.04 bits per heavy atom. The summed E-state index contributed by atoms with van der Waals surface area (Å²) in [5, 5.41) is 9.57. The Morgan fingerprint density at radius 1 is 1.12 bits per heavy atom. The van der Waals surface area contributed by atoms with Gasteiger partial charge in [-0.05, 0) is 72.1 Å². The topological polar surface area (TPSA) is 55.8 Å². The minimum Gasteiger partial charge on any atom is -0.459 e. The molecule has 0 aromatic heterocycles. The molecule has 1 saturated carbocycles. The summed E-state index contributed by atoms with van der Waals surface area (Å²) in [4.78, 5) is 11.6. The van der Waals surface area contributed by atoms with Crippen molar-refractivity contribution in [2.45, 2.75) is 89.7 Å². The van der Waals surface area contributed by atoms with E-state index in [-0.39, 0.29) is 18.0 Å². The van der Waals surface area contributed by atoms with Crippen LogP contribution in [-0.4, -0.2) is 41.2 Å². The molecule has 0 bridgehead atoms. The fraction of sp³-hybridized carbons (Fsp3) is 0.842. The lowest BCUT2D eigenvalue weighted by Gasteiger charge is -2.39. The van der Waals surface area contributed by atoms with Crippen molar-refractivity contribution in [2.75, 3.05) is 6.61 Å². The van der Waals surface area contributed by atoms with Crippen molar-refractivity contribution in [1.29, 1.82) is 0 Å². The summed E-state index contributed by atoms with van der Waals surface area (Å²) in [5.41, 5.74) is -3.28. The Balaban J connectivity index is 2.57. The molecule has 1 unspecified atom stereocenters. The van der Waals surface area contributed by atoms with Crippen LogP contribution in [0.5, 0.6) is 0 Å². The Labute approximate surface area is 153 Å². The van der Waals surface area contributed by atoms with Gasteiger partial charge in [-0.15, -0.1) is 0 Å². The maximum Gasteiger partial charge on any atom is 0.419 e. The number of carbonyl (C=O) groups excluding carboxylic acids is 1. The van der Waals surface area contributed by atoms with Crippen molar-refractivity contribution in [2.24, 2.45) is 5.92 Å². The van der Waals surface area contributed by atoms with Gasteiger partial charge < -0.3 is 14.6 Å². The van der Waals surface area contributed by atoms with E-state index in [9.17, 15) is 23.1 Å². The first-order chi connectivity index (χ1) is 11.8. The van der Waals surface area contributed by atoms with E-state index in [0.717, 1.165) is 32.6 Å². The molecule has 4 nitrogen and oxygen atoms in total. The average Bonchev–Trinajstić information content (AvgIpc) is 2.46. The first-order valence-electron chi connectivity index (χ1n) is 9.06. The fourth-order valence-corrected chi connectivity index (χ4v) is 3.06. The highest BCUT2D eigenvalue weighted by atomic mass is 19.4. The van der Waals surface area contributed by atoms with Crippen molar-refractivity contribution >= 4 is 5.97 Å². The molecule has 1 aliphatic rings. The number of aliphatic hydroxyl groups is 1. The zero-order valence-electron chi connectivity index (χ0n) is 16.1. The van der Waals surface area contributed by atoms with Crippen molar-refractivity contribution in [3.8, 4) is 0 Å². The molecule has 0 heterocycles. The van der Waals surface area contributed by atoms with Crippen LogP contribution in [0, 0.1) is 5.92 Å². The molecule has 1 atom stereocenters. The zero-order chi connectivity index (χ0) is 20.2. The predicted octanol–water partition coefficient (Wildman–Crippen LogP) is 4.55. The van der Waals surface area contributed by atoms with E-state index in [1.54, 1.807) is 20.8 Å². The van der Waals surface area contributed by atoms with E-state index >= 15 is 0 Å². The summed E-state index contributed by atoms with van der Waals surface area (Å²) in [7, 11) is 0. The molecule has 1 N–H and O–H groups in total. The van der Waals surface area contributed by atoms with E-state index in [4.69, 9.17) is 9.47 Å². The van der Waals surface area contributed by atoms with Crippen LogP contribution in [0.2, 0.25) is 0 Å². The third-order valence-corrected chi connectivity index (χ3v) is 5.10. The average molecular weight is 380 g/mol. The highest BCUT2D eigenvalue weighted by molar-refractivity contribution is 5.87. The summed E-state index contributed by atoms with van der Waals surface area (Å²) in [6.07, 6.45) is -0.329. The number of esters is 1. The molecule has 0 amide bonds. The molecule has 1 fully saturated rings. The number of ether oxygens (including phenoxy) is 2. The van der Waals surface area contributed by atoms with Gasteiger partial charge in [0, 0.05) is 5.57 Å². The van der Waals surface area contributed by atoms with Crippen LogP contribution in [0.25, 0.3) is 0 Å². The number of carbonyl (C=O) groups is 1. The minimum absolute atomic E-state index is 0.0734. The van der Waals surface area contributed by atoms with Crippen LogP contribution in [0.15, 0.2) is 12.2 Å². The van der Waals surface area contributed by atoms with Crippen LogP contribution < -0.4 is 0 Å². The molecule has 0 saturated heterocycles. The summed E-state index contributed by atoms with van der Waals surface area (Å²) < 4.78 is 49.3. The second-order valence-corrected chi connectivity index (χ2v) is 8.03. The molecule has 0 spiro atoms. The zero-order valence-corrected chi connectivity index (χ0v) is 16.1. The third-order valence-electron chi connectivity index (χ3n) is 5.10. The Morgan fingerprint density at radius 2 is 1.62 bits per heavy atom. The van der Waals surface area contributed by atoms with Crippen molar-refractivity contribution in [3.05, 3.63) is 12.2 Å². The molecular weight excluding hydrogens is 349 g/mol. The van der Waals surface area contributed by atoms with E-state index in [0.29, 0.717) is 18.4 Å². The second kappa shape index (κ2) is 8.74. The predicted molar refractivity (Wildman–Crippen MR) is 92.6 cm³/mol. The number of rotatable bonds is 6. The van der Waals surface area contributed by atoms with Crippen LogP contribution in [0.1, 0.15) is 66.2 Å². The molecule has 0 aliphatic heterocycles. The minimum atomic E-state index is -4.73. The number of hydrogen-bond donors (Lipinski definition) is 1. The van der Waals surface area contributed by atoms with Gasteiger partial charge in [-0.1, -0.05) is 6.58 Å². The molecule has 1 aliphatic carbocycles. The summed E-state index contributed by atoms with van der Waals surface area (Å²) in [5.74, 6) is -0.311. The molecular formula is C19H31F3O4. The second-order valence-electron chi connectivity index (χ2n) is 8.03. The van der Waals surface area contributed by atoms with Gasteiger partial charge in [-0.3, -0.25) is 0 Å². The summed E-state index contributed by atoms with van der Waals surface area (Å²) in [6, 6.07) is 0. The van der Waals surface area contributed by atoms with Gasteiger partial charge in [0.25, 0.3) is 0 Å². The van der Waals surface area contributed by atoms with Gasteiger partial charge in [-0.25, -0.2) is 4.79 Å². The van der Waals surface area contributed by atoms with Gasteiger partial charge in [0.05, 0.1) is 12.2 Å². The van der Waals surface area contributed by atoms with Gasteiger partial charge in [0.15, 0.2) is 5.60 Å². The van der Waals surface area contributed by atoms with Crippen molar-refractivity contribution < 1.29 is 32.5 Å². The Hall–Kier alpha value is -1.08. The van der Waals surface area contributed by atoms with Gasteiger partial charge in [-0.2, -0.15) is 13.2 Å². The number of hydrogen-bond acceptors (Lipinski definition) is 4. The van der Waals surface area contributed by atoms with Crippen LogP contribution >= 0.6 is 0 Å². The molecule has 0 aromatic rings. The standard InChI is InChI=1S/C19H31F3O4/c1-13(2)16(23)26-15-10-6-8-14(9-7-11-15)17(3,4)25-12-18(5,24)19(20,21)22/h14-15,24H,1,6-12H2,2-5H3. The Bertz CT molecular complexity index is 488. The molecule has 0 aromatic carbocycles. The van der Waals surface area contributed by atoms with E-state index in [2.05, 4.69) is 6.58 Å². The smallest absolute Gasteiger partial charge is 0.419 e. The highest BCUT2D eigenvalue weighted by Gasteiger charge is 2.51. The molecule has 152 valence electrons. The first kappa shape index (κ1) is 23.0. The van der Waals surface area contributed by atoms with Crippen molar-refractivity contribution in [3.63, 3.8) is 0 Å². The molecule has 7 heteroatoms. The van der Waals surface area contributed by atoms with Crippen LogP contribution in [0.4, 0.5) is 13.2 Å². The molecule has 1 rings (SSSR count). The first-order valence-corrected chi connectivity index (χ1v) is 9.06. The number of halogens is 3. The maximum atomic E-state index is 12.8. The SMILES string of the molecule is C=C(C)C(=O)OC1CCCC(C(C)(C)OCC(C)(O)C(F)(F)F)CCC1. The van der Waals surface area contributed by atoms with E-state index in [1.165, 1.54) is 0 Å². The van der Waals surface area contributed by atoms with E-state index < -0.39 is 24.0 Å². The number of alkyl halides is 3.